The molecule has 1 aromatic carbocycles. The van der Waals surface area contributed by atoms with Crippen LogP contribution < -0.4 is 0 Å². The maximum Gasteiger partial charge on any atom is 0.416 e. The lowest BCUT2D eigenvalue weighted by Crippen LogP contribution is -2.41. The number of amides is 1. The summed E-state index contributed by atoms with van der Waals surface area (Å²) in [6, 6.07) is 3.00. The minimum atomic E-state index is -4.53. The number of halogens is 4. The van der Waals surface area contributed by atoms with Crippen molar-refractivity contribution in [2.75, 3.05) is 19.6 Å². The van der Waals surface area contributed by atoms with Crippen LogP contribution in [0.15, 0.2) is 18.2 Å². The second-order valence-electron chi connectivity index (χ2n) is 7.20. The number of benzene rings is 1. The number of rotatable bonds is 5. The third-order valence-corrected chi connectivity index (χ3v) is 5.41. The Bertz CT molecular complexity index is 647. The molecular formula is C19H24F4N2O. The maximum absolute atomic E-state index is 14.2. The molecule has 3 nitrogen and oxygen atoms in total. The quantitative estimate of drug-likeness (QED) is 0.723. The van der Waals surface area contributed by atoms with Crippen molar-refractivity contribution in [3.8, 4) is 0 Å². The van der Waals surface area contributed by atoms with Crippen LogP contribution in [-0.4, -0.2) is 41.4 Å². The summed E-state index contributed by atoms with van der Waals surface area (Å²) in [7, 11) is 0. The van der Waals surface area contributed by atoms with E-state index in [1.54, 1.807) is 0 Å². The van der Waals surface area contributed by atoms with E-state index in [2.05, 4.69) is 4.90 Å². The maximum atomic E-state index is 14.2. The minimum absolute atomic E-state index is 0.196. The van der Waals surface area contributed by atoms with Gasteiger partial charge in [-0.25, -0.2) is 4.39 Å². The molecule has 0 N–H and O–H groups in total. The SMILES string of the molecule is O=C1CCCN1CC[C@H]1CCCCN1Cc1ccc(C(F)(F)F)cc1F. The Morgan fingerprint density at radius 1 is 1.12 bits per heavy atom. The van der Waals surface area contributed by atoms with Crippen molar-refractivity contribution >= 4 is 5.91 Å². The largest absolute Gasteiger partial charge is 0.416 e. The first-order valence-corrected chi connectivity index (χ1v) is 9.22. The lowest BCUT2D eigenvalue weighted by Gasteiger charge is -2.36. The fourth-order valence-corrected chi connectivity index (χ4v) is 3.91. The molecule has 0 radical (unpaired) electrons. The topological polar surface area (TPSA) is 23.6 Å². The van der Waals surface area contributed by atoms with Gasteiger partial charge in [0.1, 0.15) is 5.82 Å². The number of likely N-dealkylation sites (tertiary alicyclic amines) is 2. The lowest BCUT2D eigenvalue weighted by atomic mass is 9.98. The highest BCUT2D eigenvalue weighted by atomic mass is 19.4. The van der Waals surface area contributed by atoms with Crippen LogP contribution >= 0.6 is 0 Å². The zero-order valence-electron chi connectivity index (χ0n) is 14.7. The molecule has 3 rings (SSSR count). The van der Waals surface area contributed by atoms with Gasteiger partial charge < -0.3 is 4.90 Å². The fraction of sp³-hybridized carbons (Fsp3) is 0.632. The molecule has 1 amide bonds. The fourth-order valence-electron chi connectivity index (χ4n) is 3.91. The van der Waals surface area contributed by atoms with Crippen LogP contribution in [0.3, 0.4) is 0 Å². The smallest absolute Gasteiger partial charge is 0.343 e. The summed E-state index contributed by atoms with van der Waals surface area (Å²) in [5.74, 6) is -0.611. The van der Waals surface area contributed by atoms with Crippen LogP contribution in [0.25, 0.3) is 0 Å². The normalized spacial score (nSPS) is 22.2. The average molecular weight is 372 g/mol. The molecule has 0 aliphatic carbocycles. The Kier molecular flexibility index (Phi) is 5.85. The van der Waals surface area contributed by atoms with Gasteiger partial charge in [-0.3, -0.25) is 9.69 Å². The molecule has 0 unspecified atom stereocenters. The van der Waals surface area contributed by atoms with E-state index in [0.717, 1.165) is 51.3 Å². The lowest BCUT2D eigenvalue weighted by molar-refractivity contribution is -0.137. The summed E-state index contributed by atoms with van der Waals surface area (Å²) in [6.45, 7) is 2.62. The Balaban J connectivity index is 1.63. The Morgan fingerprint density at radius 2 is 1.92 bits per heavy atom. The monoisotopic (exact) mass is 372 g/mol. The molecule has 2 aliphatic heterocycles. The number of hydrogen-bond acceptors (Lipinski definition) is 2. The Hall–Kier alpha value is -1.63. The van der Waals surface area contributed by atoms with Crippen molar-refractivity contribution < 1.29 is 22.4 Å². The predicted molar refractivity (Wildman–Crippen MR) is 89.9 cm³/mol. The van der Waals surface area contributed by atoms with Crippen molar-refractivity contribution in [3.63, 3.8) is 0 Å². The van der Waals surface area contributed by atoms with Crippen molar-refractivity contribution in [1.29, 1.82) is 0 Å². The van der Waals surface area contributed by atoms with Gasteiger partial charge in [0, 0.05) is 37.7 Å². The molecule has 144 valence electrons. The standard InChI is InChI=1S/C19H24F4N2O/c20-17-12-15(19(21,22)23)7-6-14(17)13-25-9-2-1-4-16(25)8-11-24-10-3-5-18(24)26/h6-7,12,16H,1-5,8-11,13H2/t16-/m1/s1. The zero-order valence-corrected chi connectivity index (χ0v) is 14.7. The van der Waals surface area contributed by atoms with Gasteiger partial charge in [0.2, 0.25) is 5.91 Å². The van der Waals surface area contributed by atoms with Gasteiger partial charge in [0.25, 0.3) is 0 Å². The van der Waals surface area contributed by atoms with Crippen molar-refractivity contribution in [1.82, 2.24) is 9.80 Å². The molecule has 26 heavy (non-hydrogen) atoms. The highest BCUT2D eigenvalue weighted by Gasteiger charge is 2.32. The van der Waals surface area contributed by atoms with Crippen LogP contribution in [-0.2, 0) is 17.5 Å². The molecule has 0 bridgehead atoms. The third-order valence-electron chi connectivity index (χ3n) is 5.41. The van der Waals surface area contributed by atoms with Crippen LogP contribution in [0.5, 0.6) is 0 Å². The van der Waals surface area contributed by atoms with E-state index in [-0.39, 0.29) is 11.9 Å². The highest BCUT2D eigenvalue weighted by molar-refractivity contribution is 5.78. The van der Waals surface area contributed by atoms with E-state index in [1.807, 2.05) is 4.90 Å². The first-order chi connectivity index (χ1) is 12.3. The van der Waals surface area contributed by atoms with E-state index in [1.165, 1.54) is 6.07 Å². The molecular weight excluding hydrogens is 348 g/mol. The Labute approximate surface area is 151 Å². The van der Waals surface area contributed by atoms with Crippen LogP contribution in [0, 0.1) is 5.82 Å². The van der Waals surface area contributed by atoms with Gasteiger partial charge in [0.05, 0.1) is 5.56 Å². The predicted octanol–water partition coefficient (Wildman–Crippen LogP) is 4.21. The van der Waals surface area contributed by atoms with Crippen LogP contribution in [0.4, 0.5) is 17.6 Å². The second kappa shape index (κ2) is 7.94. The number of nitrogens with zero attached hydrogens (tertiary/aromatic N) is 2. The van der Waals surface area contributed by atoms with E-state index >= 15 is 0 Å². The molecule has 2 saturated heterocycles. The van der Waals surface area contributed by atoms with Crippen molar-refractivity contribution in [2.45, 2.75) is 57.3 Å². The molecule has 2 aliphatic rings. The third kappa shape index (κ3) is 4.55. The van der Waals surface area contributed by atoms with Gasteiger partial charge in [-0.15, -0.1) is 0 Å². The van der Waals surface area contributed by atoms with Crippen LogP contribution in [0.2, 0.25) is 0 Å². The molecule has 7 heteroatoms. The molecule has 2 fully saturated rings. The summed E-state index contributed by atoms with van der Waals surface area (Å²) < 4.78 is 52.2. The van der Waals surface area contributed by atoms with Gasteiger partial charge in [0.15, 0.2) is 0 Å². The summed E-state index contributed by atoms with van der Waals surface area (Å²) in [5.41, 5.74) is -0.663. The molecule has 1 aromatic rings. The number of piperidine rings is 1. The first-order valence-electron chi connectivity index (χ1n) is 9.22. The van der Waals surface area contributed by atoms with Gasteiger partial charge in [-0.05, 0) is 44.4 Å². The molecule has 0 aromatic heterocycles. The average Bonchev–Trinajstić information content (AvgIpc) is 3.00. The highest BCUT2D eigenvalue weighted by Crippen LogP contribution is 2.31. The summed E-state index contributed by atoms with van der Waals surface area (Å²) in [4.78, 5) is 15.8. The zero-order chi connectivity index (χ0) is 18.7. The van der Waals surface area contributed by atoms with E-state index in [4.69, 9.17) is 0 Å². The number of alkyl halides is 3. The molecule has 0 spiro atoms. The number of carbonyl (C=O) groups excluding carboxylic acids is 1. The molecule has 1 atom stereocenters. The second-order valence-corrected chi connectivity index (χ2v) is 7.20. The van der Waals surface area contributed by atoms with Crippen molar-refractivity contribution in [2.24, 2.45) is 0 Å². The van der Waals surface area contributed by atoms with Gasteiger partial charge >= 0.3 is 6.18 Å². The van der Waals surface area contributed by atoms with E-state index < -0.39 is 17.6 Å². The van der Waals surface area contributed by atoms with E-state index in [0.29, 0.717) is 31.1 Å². The molecule has 2 heterocycles. The summed E-state index contributed by atoms with van der Waals surface area (Å²) >= 11 is 0. The number of hydrogen-bond donors (Lipinski definition) is 0. The molecule has 0 saturated carbocycles. The van der Waals surface area contributed by atoms with Crippen LogP contribution in [0.1, 0.15) is 49.7 Å². The van der Waals surface area contributed by atoms with Gasteiger partial charge in [-0.2, -0.15) is 13.2 Å². The van der Waals surface area contributed by atoms with Crippen molar-refractivity contribution in [3.05, 3.63) is 35.1 Å². The Morgan fingerprint density at radius 3 is 2.58 bits per heavy atom. The first kappa shape index (κ1) is 19.1. The summed E-state index contributed by atoms with van der Waals surface area (Å²) in [6.07, 6.45) is 0.884. The summed E-state index contributed by atoms with van der Waals surface area (Å²) in [5, 5.41) is 0. The van der Waals surface area contributed by atoms with E-state index in [9.17, 15) is 22.4 Å². The minimum Gasteiger partial charge on any atom is -0.343 e. The van der Waals surface area contributed by atoms with Gasteiger partial charge in [-0.1, -0.05) is 12.5 Å². The number of carbonyl (C=O) groups is 1.